The molecule has 2 atom stereocenters. The fraction of sp³-hybridized carbons (Fsp3) is 0.737. The molecule has 4 rings (SSSR count). The summed E-state index contributed by atoms with van der Waals surface area (Å²) in [5.41, 5.74) is 4.01. The molecule has 1 N–H and O–H groups in total. The SMILES string of the molecule is Cc1[nH]nc2c1C1(CCCCC1)C1CC(C=O)C(C)(C)CC1=N2. The number of nitrogens with one attached hydrogen (secondary N) is 1. The monoisotopic (exact) mass is 313 g/mol. The van der Waals surface area contributed by atoms with Crippen LogP contribution in [-0.2, 0) is 10.2 Å². The zero-order valence-electron chi connectivity index (χ0n) is 14.5. The van der Waals surface area contributed by atoms with E-state index >= 15 is 0 Å². The number of aldehydes is 1. The summed E-state index contributed by atoms with van der Waals surface area (Å²) in [4.78, 5) is 16.7. The molecule has 1 spiro atoms. The minimum atomic E-state index is 0.00972. The lowest BCUT2D eigenvalue weighted by Crippen LogP contribution is -2.50. The van der Waals surface area contributed by atoms with Crippen LogP contribution in [0.4, 0.5) is 5.82 Å². The molecular formula is C19H27N3O. The van der Waals surface area contributed by atoms with Gasteiger partial charge < -0.3 is 4.79 Å². The van der Waals surface area contributed by atoms with Gasteiger partial charge in [0.15, 0.2) is 5.82 Å². The number of H-pyrrole nitrogens is 1. The summed E-state index contributed by atoms with van der Waals surface area (Å²) in [6.07, 6.45) is 9.41. The molecule has 2 unspecified atom stereocenters. The molecule has 2 saturated carbocycles. The van der Waals surface area contributed by atoms with Gasteiger partial charge in [0.2, 0.25) is 0 Å². The lowest BCUT2D eigenvalue weighted by atomic mass is 9.52. The van der Waals surface area contributed by atoms with Gasteiger partial charge in [-0.2, -0.15) is 5.10 Å². The summed E-state index contributed by atoms with van der Waals surface area (Å²) in [5, 5.41) is 7.68. The number of rotatable bonds is 1. The average molecular weight is 313 g/mol. The van der Waals surface area contributed by atoms with Crippen molar-refractivity contribution in [2.75, 3.05) is 0 Å². The van der Waals surface area contributed by atoms with E-state index in [0.717, 1.165) is 18.7 Å². The van der Waals surface area contributed by atoms with Crippen LogP contribution in [0.15, 0.2) is 4.99 Å². The third kappa shape index (κ3) is 2.06. The molecule has 1 aromatic rings. The normalized spacial score (nSPS) is 31.2. The number of aryl methyl sites for hydroxylation is 1. The number of aromatic amines is 1. The van der Waals surface area contributed by atoms with Crippen LogP contribution in [0.2, 0.25) is 0 Å². The lowest BCUT2D eigenvalue weighted by Gasteiger charge is -2.52. The molecule has 1 aliphatic heterocycles. The van der Waals surface area contributed by atoms with E-state index in [4.69, 9.17) is 4.99 Å². The first-order valence-electron chi connectivity index (χ1n) is 9.06. The highest BCUT2D eigenvalue weighted by atomic mass is 16.1. The summed E-state index contributed by atoms with van der Waals surface area (Å²) in [6, 6.07) is 0. The van der Waals surface area contributed by atoms with Gasteiger partial charge in [-0.05, 0) is 38.0 Å². The van der Waals surface area contributed by atoms with Crippen LogP contribution in [0.25, 0.3) is 0 Å². The van der Waals surface area contributed by atoms with E-state index in [1.165, 1.54) is 55.4 Å². The number of carbonyl (C=O) groups is 1. The third-order valence-electron chi connectivity index (χ3n) is 6.78. The second kappa shape index (κ2) is 5.02. The first-order valence-corrected chi connectivity index (χ1v) is 9.06. The molecule has 3 aliphatic rings. The summed E-state index contributed by atoms with van der Waals surface area (Å²) in [6.45, 7) is 6.56. The van der Waals surface area contributed by atoms with Crippen molar-refractivity contribution in [1.82, 2.24) is 10.2 Å². The first-order chi connectivity index (χ1) is 11.0. The molecule has 0 saturated heterocycles. The number of aliphatic imine (C=N–C) groups is 1. The van der Waals surface area contributed by atoms with Crippen molar-refractivity contribution in [2.45, 2.75) is 71.1 Å². The van der Waals surface area contributed by atoms with Crippen LogP contribution in [-0.4, -0.2) is 22.2 Å². The van der Waals surface area contributed by atoms with Gasteiger partial charge in [-0.25, -0.2) is 4.99 Å². The molecule has 0 radical (unpaired) electrons. The molecule has 4 nitrogen and oxygen atoms in total. The zero-order valence-corrected chi connectivity index (χ0v) is 14.5. The molecule has 0 aromatic carbocycles. The van der Waals surface area contributed by atoms with E-state index < -0.39 is 0 Å². The Morgan fingerprint density at radius 1 is 1.22 bits per heavy atom. The van der Waals surface area contributed by atoms with Crippen LogP contribution in [0.3, 0.4) is 0 Å². The minimum absolute atomic E-state index is 0.00972. The Morgan fingerprint density at radius 3 is 2.65 bits per heavy atom. The van der Waals surface area contributed by atoms with Crippen molar-refractivity contribution < 1.29 is 4.79 Å². The Labute approximate surface area is 138 Å². The molecular weight excluding hydrogens is 286 g/mol. The van der Waals surface area contributed by atoms with Gasteiger partial charge in [0, 0.05) is 34.2 Å². The van der Waals surface area contributed by atoms with E-state index in [0.29, 0.717) is 5.92 Å². The van der Waals surface area contributed by atoms with Crippen LogP contribution < -0.4 is 0 Å². The predicted octanol–water partition coefficient (Wildman–Crippen LogP) is 4.26. The van der Waals surface area contributed by atoms with E-state index in [1.54, 1.807) is 0 Å². The minimum Gasteiger partial charge on any atom is -0.303 e. The third-order valence-corrected chi connectivity index (χ3v) is 6.78. The average Bonchev–Trinajstić information content (AvgIpc) is 2.89. The highest BCUT2D eigenvalue weighted by Crippen LogP contribution is 2.57. The second-order valence-electron chi connectivity index (χ2n) is 8.56. The smallest absolute Gasteiger partial charge is 0.177 e. The predicted molar refractivity (Wildman–Crippen MR) is 91.2 cm³/mol. The maximum absolute atomic E-state index is 11.7. The van der Waals surface area contributed by atoms with Crippen molar-refractivity contribution in [2.24, 2.45) is 22.2 Å². The lowest BCUT2D eigenvalue weighted by molar-refractivity contribution is -0.115. The molecule has 4 heteroatoms. The second-order valence-corrected chi connectivity index (χ2v) is 8.56. The molecule has 0 bridgehead atoms. The van der Waals surface area contributed by atoms with Crippen molar-refractivity contribution in [3.63, 3.8) is 0 Å². The number of nitrogens with zero attached hydrogens (tertiary/aromatic N) is 2. The molecule has 124 valence electrons. The summed E-state index contributed by atoms with van der Waals surface area (Å²) in [5.74, 6) is 1.49. The molecule has 2 fully saturated rings. The van der Waals surface area contributed by atoms with Crippen molar-refractivity contribution in [1.29, 1.82) is 0 Å². The van der Waals surface area contributed by atoms with E-state index in [2.05, 4.69) is 31.0 Å². The van der Waals surface area contributed by atoms with Gasteiger partial charge in [0.05, 0.1) is 0 Å². The number of hydrogen-bond acceptors (Lipinski definition) is 3. The van der Waals surface area contributed by atoms with Gasteiger partial charge >= 0.3 is 0 Å². The fourth-order valence-electron chi connectivity index (χ4n) is 5.52. The van der Waals surface area contributed by atoms with Gasteiger partial charge in [-0.1, -0.05) is 33.1 Å². The number of hydrogen-bond donors (Lipinski definition) is 1. The van der Waals surface area contributed by atoms with Gasteiger partial charge in [0.1, 0.15) is 6.29 Å². The highest BCUT2D eigenvalue weighted by molar-refractivity contribution is 5.94. The summed E-state index contributed by atoms with van der Waals surface area (Å²) in [7, 11) is 0. The molecule has 2 heterocycles. The number of aromatic nitrogens is 2. The Bertz CT molecular complexity index is 664. The zero-order chi connectivity index (χ0) is 16.2. The molecule has 23 heavy (non-hydrogen) atoms. The first kappa shape index (κ1) is 15.1. The molecule has 2 aliphatic carbocycles. The number of fused-ring (bicyclic) bond motifs is 4. The van der Waals surface area contributed by atoms with Gasteiger partial charge in [-0.3, -0.25) is 5.10 Å². The summed E-state index contributed by atoms with van der Waals surface area (Å²) >= 11 is 0. The maximum Gasteiger partial charge on any atom is 0.177 e. The van der Waals surface area contributed by atoms with Crippen molar-refractivity contribution >= 4 is 17.8 Å². The van der Waals surface area contributed by atoms with Crippen LogP contribution in [0.5, 0.6) is 0 Å². The van der Waals surface area contributed by atoms with Gasteiger partial charge in [0.25, 0.3) is 0 Å². The van der Waals surface area contributed by atoms with E-state index in [9.17, 15) is 4.79 Å². The quantitative estimate of drug-likeness (QED) is 0.788. The molecule has 1 aromatic heterocycles. The van der Waals surface area contributed by atoms with Crippen LogP contribution in [0, 0.1) is 24.2 Å². The van der Waals surface area contributed by atoms with Crippen molar-refractivity contribution in [3.8, 4) is 0 Å². The van der Waals surface area contributed by atoms with E-state index in [-0.39, 0.29) is 16.7 Å². The Morgan fingerprint density at radius 2 is 1.96 bits per heavy atom. The summed E-state index contributed by atoms with van der Waals surface area (Å²) < 4.78 is 0. The standard InChI is InChI=1S/C19H27N3O/c1-12-16-17(22-21-12)20-15-10-18(2,3)13(11-23)9-14(15)19(16)7-5-4-6-8-19/h11,13-14H,4-10H2,1-3H3,(H,21,22). The van der Waals surface area contributed by atoms with Crippen LogP contribution in [0.1, 0.15) is 70.1 Å². The van der Waals surface area contributed by atoms with Crippen LogP contribution >= 0.6 is 0 Å². The Hall–Kier alpha value is -1.45. The molecule has 0 amide bonds. The van der Waals surface area contributed by atoms with E-state index in [1.807, 2.05) is 0 Å². The number of carbonyl (C=O) groups excluding carboxylic acids is 1. The highest BCUT2D eigenvalue weighted by Gasteiger charge is 2.53. The largest absolute Gasteiger partial charge is 0.303 e. The maximum atomic E-state index is 11.7. The topological polar surface area (TPSA) is 58.1 Å². The van der Waals surface area contributed by atoms with Crippen molar-refractivity contribution in [3.05, 3.63) is 11.3 Å². The Balaban J connectivity index is 1.86. The van der Waals surface area contributed by atoms with Gasteiger partial charge in [-0.15, -0.1) is 0 Å². The fourth-order valence-corrected chi connectivity index (χ4v) is 5.52. The Kier molecular flexibility index (Phi) is 3.30.